The summed E-state index contributed by atoms with van der Waals surface area (Å²) in [5, 5.41) is 0.523. The van der Waals surface area contributed by atoms with Gasteiger partial charge in [0, 0.05) is 13.1 Å². The van der Waals surface area contributed by atoms with E-state index in [-0.39, 0.29) is 17.1 Å². The van der Waals surface area contributed by atoms with Crippen LogP contribution in [0, 0.1) is 13.8 Å². The van der Waals surface area contributed by atoms with E-state index < -0.39 is 6.04 Å². The minimum atomic E-state index is -0.486. The standard InChI is InChI=1S/C29H36N2O4/c1-6-9-16-34-22-12-10-21(11-13-22)26-25-27(32)23-17-19(4)20(5)18-24(23)35-28(25)29(33)31(26)15-14-30(7-2)8-3/h10-13,17-18,26H,6-9,14-16H2,1-5H3. The number of unbranched alkanes of at least 4 members (excludes halogenated alkanes) is 1. The Balaban J connectivity index is 1.79. The van der Waals surface area contributed by atoms with Gasteiger partial charge in [-0.3, -0.25) is 9.59 Å². The van der Waals surface area contributed by atoms with Crippen LogP contribution < -0.4 is 10.2 Å². The molecule has 0 N–H and O–H groups in total. The van der Waals surface area contributed by atoms with Gasteiger partial charge in [0.2, 0.25) is 5.76 Å². The zero-order valence-electron chi connectivity index (χ0n) is 21.5. The molecule has 0 aliphatic carbocycles. The minimum absolute atomic E-state index is 0.128. The largest absolute Gasteiger partial charge is 0.494 e. The Labute approximate surface area is 207 Å². The number of fused-ring (bicyclic) bond motifs is 2. The highest BCUT2D eigenvalue weighted by atomic mass is 16.5. The van der Waals surface area contributed by atoms with Crippen LogP contribution in [-0.2, 0) is 0 Å². The number of benzene rings is 2. The molecule has 186 valence electrons. The smallest absolute Gasteiger partial charge is 0.290 e. The second kappa shape index (κ2) is 10.6. The van der Waals surface area contributed by atoms with Crippen molar-refractivity contribution in [1.29, 1.82) is 0 Å². The van der Waals surface area contributed by atoms with Crippen LogP contribution in [0.4, 0.5) is 0 Å². The maximum absolute atomic E-state index is 13.8. The number of hydrogen-bond acceptors (Lipinski definition) is 5. The highest BCUT2D eigenvalue weighted by molar-refractivity contribution is 5.99. The number of rotatable bonds is 10. The zero-order valence-corrected chi connectivity index (χ0v) is 21.5. The van der Waals surface area contributed by atoms with Crippen LogP contribution in [-0.4, -0.2) is 48.5 Å². The number of amides is 1. The van der Waals surface area contributed by atoms with Crippen molar-refractivity contribution in [3.05, 3.63) is 74.6 Å². The predicted octanol–water partition coefficient (Wildman–Crippen LogP) is 5.48. The predicted molar refractivity (Wildman–Crippen MR) is 139 cm³/mol. The van der Waals surface area contributed by atoms with Gasteiger partial charge in [-0.2, -0.15) is 0 Å². The van der Waals surface area contributed by atoms with Gasteiger partial charge >= 0.3 is 0 Å². The topological polar surface area (TPSA) is 63.0 Å². The third-order valence-corrected chi connectivity index (χ3v) is 7.10. The average Bonchev–Trinajstić information content (AvgIpc) is 3.13. The molecule has 6 heteroatoms. The van der Waals surface area contributed by atoms with Crippen LogP contribution in [0.15, 0.2) is 45.6 Å². The monoisotopic (exact) mass is 476 g/mol. The number of likely N-dealkylation sites (N-methyl/N-ethyl adjacent to an activating group) is 1. The first kappa shape index (κ1) is 25.0. The van der Waals surface area contributed by atoms with Crippen molar-refractivity contribution in [1.82, 2.24) is 9.80 Å². The van der Waals surface area contributed by atoms with E-state index in [1.165, 1.54) is 0 Å². The number of carbonyl (C=O) groups excluding carboxylic acids is 1. The number of aryl methyl sites for hydroxylation is 2. The molecule has 0 saturated heterocycles. The van der Waals surface area contributed by atoms with Crippen LogP contribution in [0.5, 0.6) is 5.75 Å². The molecule has 1 aromatic heterocycles. The quantitative estimate of drug-likeness (QED) is 0.363. The van der Waals surface area contributed by atoms with E-state index >= 15 is 0 Å². The van der Waals surface area contributed by atoms with Gasteiger partial charge in [-0.25, -0.2) is 0 Å². The second-order valence-electron chi connectivity index (χ2n) is 9.31. The van der Waals surface area contributed by atoms with Crippen LogP contribution in [0.25, 0.3) is 11.0 Å². The Morgan fingerprint density at radius 2 is 1.69 bits per heavy atom. The molecule has 0 bridgehead atoms. The average molecular weight is 477 g/mol. The fourth-order valence-electron chi connectivity index (χ4n) is 4.72. The third kappa shape index (κ3) is 4.85. The van der Waals surface area contributed by atoms with Gasteiger partial charge in [0.1, 0.15) is 11.3 Å². The summed E-state index contributed by atoms with van der Waals surface area (Å²) in [7, 11) is 0. The Morgan fingerprint density at radius 3 is 2.34 bits per heavy atom. The van der Waals surface area contributed by atoms with Crippen molar-refractivity contribution in [2.75, 3.05) is 32.8 Å². The van der Waals surface area contributed by atoms with E-state index in [0.717, 1.165) is 54.9 Å². The van der Waals surface area contributed by atoms with Gasteiger partial charge in [-0.15, -0.1) is 0 Å². The van der Waals surface area contributed by atoms with Crippen LogP contribution in [0.2, 0.25) is 0 Å². The molecule has 1 aliphatic rings. The van der Waals surface area contributed by atoms with Crippen LogP contribution in [0.3, 0.4) is 0 Å². The molecule has 0 spiro atoms. The molecular weight excluding hydrogens is 440 g/mol. The molecule has 4 rings (SSSR count). The van der Waals surface area contributed by atoms with Crippen molar-refractivity contribution in [3.63, 3.8) is 0 Å². The second-order valence-corrected chi connectivity index (χ2v) is 9.31. The molecule has 1 unspecified atom stereocenters. The Bertz CT molecular complexity index is 1260. The Morgan fingerprint density at radius 1 is 1.00 bits per heavy atom. The van der Waals surface area contributed by atoms with Crippen molar-refractivity contribution < 1.29 is 13.9 Å². The number of ether oxygens (including phenoxy) is 1. The Kier molecular flexibility index (Phi) is 7.60. The molecule has 3 aromatic rings. The number of carbonyl (C=O) groups is 1. The molecule has 35 heavy (non-hydrogen) atoms. The van der Waals surface area contributed by atoms with E-state index in [9.17, 15) is 9.59 Å². The SMILES string of the molecule is CCCCOc1ccc(C2c3c(oc4cc(C)c(C)cc4c3=O)C(=O)N2CCN(CC)CC)cc1. The molecule has 1 amide bonds. The number of hydrogen-bond donors (Lipinski definition) is 0. The lowest BCUT2D eigenvalue weighted by atomic mass is 9.97. The summed E-state index contributed by atoms with van der Waals surface area (Å²) in [5.74, 6) is 0.731. The maximum Gasteiger partial charge on any atom is 0.290 e. The fraction of sp³-hybridized carbons (Fsp3) is 0.448. The fourth-order valence-corrected chi connectivity index (χ4v) is 4.72. The molecule has 6 nitrogen and oxygen atoms in total. The van der Waals surface area contributed by atoms with Crippen LogP contribution in [0.1, 0.15) is 72.5 Å². The van der Waals surface area contributed by atoms with Gasteiger partial charge < -0.3 is 19.0 Å². The summed E-state index contributed by atoms with van der Waals surface area (Å²) in [6, 6.07) is 11.0. The molecule has 1 aliphatic heterocycles. The van der Waals surface area contributed by atoms with Crippen LogP contribution >= 0.6 is 0 Å². The molecular formula is C29H36N2O4. The summed E-state index contributed by atoms with van der Waals surface area (Å²) < 4.78 is 12.0. The van der Waals surface area contributed by atoms with Crippen molar-refractivity contribution >= 4 is 16.9 Å². The normalized spacial score (nSPS) is 15.3. The van der Waals surface area contributed by atoms with Crippen molar-refractivity contribution in [3.8, 4) is 5.75 Å². The van der Waals surface area contributed by atoms with Gasteiger partial charge in [-0.1, -0.05) is 39.3 Å². The lowest BCUT2D eigenvalue weighted by Gasteiger charge is -2.28. The third-order valence-electron chi connectivity index (χ3n) is 7.10. The highest BCUT2D eigenvalue weighted by Gasteiger charge is 2.42. The molecule has 0 fully saturated rings. The van der Waals surface area contributed by atoms with Gasteiger partial charge in [-0.05, 0) is 74.3 Å². The highest BCUT2D eigenvalue weighted by Crippen LogP contribution is 2.38. The van der Waals surface area contributed by atoms with Gasteiger partial charge in [0.25, 0.3) is 5.91 Å². The lowest BCUT2D eigenvalue weighted by Crippen LogP contribution is -2.37. The molecule has 0 radical (unpaired) electrons. The summed E-state index contributed by atoms with van der Waals surface area (Å²) in [5.41, 5.74) is 3.71. The van der Waals surface area contributed by atoms with E-state index in [2.05, 4.69) is 25.7 Å². The first-order chi connectivity index (χ1) is 16.9. The maximum atomic E-state index is 13.8. The van der Waals surface area contributed by atoms with Gasteiger partial charge in [0.05, 0.1) is 23.6 Å². The van der Waals surface area contributed by atoms with E-state index in [1.807, 2.05) is 50.2 Å². The Hall–Kier alpha value is -3.12. The summed E-state index contributed by atoms with van der Waals surface area (Å²) in [6.45, 7) is 14.0. The molecule has 2 heterocycles. The minimum Gasteiger partial charge on any atom is -0.494 e. The van der Waals surface area contributed by atoms with E-state index in [1.54, 1.807) is 4.90 Å². The molecule has 2 aromatic carbocycles. The van der Waals surface area contributed by atoms with Gasteiger partial charge in [0.15, 0.2) is 5.43 Å². The summed E-state index contributed by atoms with van der Waals surface area (Å²) in [6.07, 6.45) is 2.07. The zero-order chi connectivity index (χ0) is 25.1. The van der Waals surface area contributed by atoms with E-state index in [4.69, 9.17) is 9.15 Å². The molecule has 1 atom stereocenters. The molecule has 0 saturated carbocycles. The van der Waals surface area contributed by atoms with Crippen molar-refractivity contribution in [2.45, 2.75) is 53.5 Å². The first-order valence-corrected chi connectivity index (χ1v) is 12.7. The van der Waals surface area contributed by atoms with E-state index in [0.29, 0.717) is 29.7 Å². The summed E-state index contributed by atoms with van der Waals surface area (Å²) >= 11 is 0. The lowest BCUT2D eigenvalue weighted by molar-refractivity contribution is 0.0708. The summed E-state index contributed by atoms with van der Waals surface area (Å²) in [4.78, 5) is 31.5. The number of nitrogens with zero attached hydrogens (tertiary/aromatic N) is 2. The van der Waals surface area contributed by atoms with Crippen molar-refractivity contribution in [2.24, 2.45) is 0 Å². The first-order valence-electron chi connectivity index (χ1n) is 12.7.